The molecule has 0 spiro atoms. The second kappa shape index (κ2) is 4.78. The predicted octanol–water partition coefficient (Wildman–Crippen LogP) is 1.33. The monoisotopic (exact) mass is 245 g/mol. The Hall–Kier alpha value is -1.88. The molecule has 1 aliphatic rings. The van der Waals surface area contributed by atoms with E-state index in [1.165, 1.54) is 0 Å². The van der Waals surface area contributed by atoms with Crippen LogP contribution in [0.4, 0.5) is 0 Å². The van der Waals surface area contributed by atoms with E-state index in [0.29, 0.717) is 18.0 Å². The smallest absolute Gasteiger partial charge is 0.253 e. The van der Waals surface area contributed by atoms with E-state index >= 15 is 0 Å². The first kappa shape index (κ1) is 11.2. The van der Waals surface area contributed by atoms with Crippen LogP contribution in [0.5, 0.6) is 0 Å². The van der Waals surface area contributed by atoms with Gasteiger partial charge in [-0.05, 0) is 12.5 Å². The molecule has 1 amide bonds. The summed E-state index contributed by atoms with van der Waals surface area (Å²) in [7, 11) is 0. The van der Waals surface area contributed by atoms with Crippen LogP contribution in [0, 0.1) is 5.92 Å². The second-order valence-corrected chi connectivity index (χ2v) is 4.58. The van der Waals surface area contributed by atoms with Gasteiger partial charge in [0, 0.05) is 24.5 Å². The predicted molar refractivity (Wildman–Crippen MR) is 67.4 cm³/mol. The number of carbonyl (C=O) groups excluding carboxylic acids is 1. The maximum atomic E-state index is 12.1. The van der Waals surface area contributed by atoms with Gasteiger partial charge >= 0.3 is 0 Å². The van der Waals surface area contributed by atoms with E-state index in [1.54, 1.807) is 12.3 Å². The van der Waals surface area contributed by atoms with Crippen molar-refractivity contribution in [3.05, 3.63) is 30.0 Å². The van der Waals surface area contributed by atoms with Crippen molar-refractivity contribution in [2.75, 3.05) is 19.8 Å². The molecule has 1 aromatic heterocycles. The summed E-state index contributed by atoms with van der Waals surface area (Å²) < 4.78 is 5.29. The molecular formula is C13H15N3O2. The maximum absolute atomic E-state index is 12.1. The number of carbonyl (C=O) groups is 1. The number of fused-ring (bicyclic) bond motifs is 1. The number of para-hydroxylation sites is 1. The fraction of sp³-hybridized carbons (Fsp3) is 0.385. The highest BCUT2D eigenvalue weighted by molar-refractivity contribution is 6.05. The Morgan fingerprint density at radius 2 is 2.50 bits per heavy atom. The number of aromatic nitrogens is 2. The van der Waals surface area contributed by atoms with Gasteiger partial charge in [-0.1, -0.05) is 12.1 Å². The van der Waals surface area contributed by atoms with E-state index in [0.717, 1.165) is 30.5 Å². The van der Waals surface area contributed by atoms with Crippen molar-refractivity contribution in [2.24, 2.45) is 5.92 Å². The number of amides is 1. The number of ether oxygens (including phenoxy) is 1. The standard InChI is InChI=1S/C13H15N3O2/c17-13(14-6-9-4-5-18-8-9)11-3-1-2-10-7-15-16-12(10)11/h1-3,7,9H,4-6,8H2,(H,14,17)(H,15,16)/t9-/m0/s1. The molecule has 2 heterocycles. The molecule has 1 saturated heterocycles. The van der Waals surface area contributed by atoms with Crippen LogP contribution >= 0.6 is 0 Å². The molecule has 2 aromatic rings. The number of hydrogen-bond donors (Lipinski definition) is 2. The summed E-state index contributed by atoms with van der Waals surface area (Å²) in [6.07, 6.45) is 2.74. The first-order chi connectivity index (χ1) is 8.84. The molecule has 94 valence electrons. The zero-order valence-corrected chi connectivity index (χ0v) is 9.98. The number of nitrogens with zero attached hydrogens (tertiary/aromatic N) is 1. The van der Waals surface area contributed by atoms with Crippen LogP contribution in [0.25, 0.3) is 10.9 Å². The highest BCUT2D eigenvalue weighted by Gasteiger charge is 2.17. The van der Waals surface area contributed by atoms with Crippen molar-refractivity contribution in [2.45, 2.75) is 6.42 Å². The molecule has 5 nitrogen and oxygen atoms in total. The van der Waals surface area contributed by atoms with E-state index in [2.05, 4.69) is 15.5 Å². The number of rotatable bonds is 3. The fourth-order valence-electron chi connectivity index (χ4n) is 2.23. The lowest BCUT2D eigenvalue weighted by atomic mass is 10.1. The summed E-state index contributed by atoms with van der Waals surface area (Å²) in [4.78, 5) is 12.1. The molecule has 5 heteroatoms. The highest BCUT2D eigenvalue weighted by Crippen LogP contribution is 2.16. The molecule has 0 radical (unpaired) electrons. The molecule has 18 heavy (non-hydrogen) atoms. The van der Waals surface area contributed by atoms with Crippen LogP contribution in [0.3, 0.4) is 0 Å². The van der Waals surface area contributed by atoms with Crippen LogP contribution in [-0.4, -0.2) is 35.9 Å². The Morgan fingerprint density at radius 3 is 3.33 bits per heavy atom. The Labute approximate surface area is 105 Å². The Balaban J connectivity index is 1.73. The molecular weight excluding hydrogens is 230 g/mol. The topological polar surface area (TPSA) is 67.0 Å². The van der Waals surface area contributed by atoms with Crippen molar-refractivity contribution >= 4 is 16.8 Å². The van der Waals surface area contributed by atoms with E-state index in [1.807, 2.05) is 12.1 Å². The normalized spacial score (nSPS) is 19.2. The number of H-pyrrole nitrogens is 1. The molecule has 0 saturated carbocycles. The molecule has 0 aliphatic carbocycles. The summed E-state index contributed by atoms with van der Waals surface area (Å²) in [6, 6.07) is 5.60. The average molecular weight is 245 g/mol. The van der Waals surface area contributed by atoms with Gasteiger partial charge in [0.05, 0.1) is 23.9 Å². The molecule has 2 N–H and O–H groups in total. The lowest BCUT2D eigenvalue weighted by Crippen LogP contribution is -2.29. The summed E-state index contributed by atoms with van der Waals surface area (Å²) in [5, 5.41) is 10.7. The van der Waals surface area contributed by atoms with Gasteiger partial charge in [-0.3, -0.25) is 9.89 Å². The number of benzene rings is 1. The van der Waals surface area contributed by atoms with Crippen LogP contribution in [0.1, 0.15) is 16.8 Å². The molecule has 1 atom stereocenters. The van der Waals surface area contributed by atoms with Gasteiger partial charge in [0.2, 0.25) is 0 Å². The van der Waals surface area contributed by atoms with Gasteiger partial charge < -0.3 is 10.1 Å². The van der Waals surface area contributed by atoms with Crippen molar-refractivity contribution in [3.63, 3.8) is 0 Å². The van der Waals surface area contributed by atoms with E-state index in [9.17, 15) is 4.79 Å². The molecule has 3 rings (SSSR count). The summed E-state index contributed by atoms with van der Waals surface area (Å²) in [6.45, 7) is 2.22. The van der Waals surface area contributed by atoms with Gasteiger partial charge in [-0.25, -0.2) is 0 Å². The van der Waals surface area contributed by atoms with Crippen LogP contribution in [0.15, 0.2) is 24.4 Å². The van der Waals surface area contributed by atoms with E-state index in [-0.39, 0.29) is 5.91 Å². The minimum atomic E-state index is -0.0586. The number of nitrogens with one attached hydrogen (secondary N) is 2. The van der Waals surface area contributed by atoms with Crippen molar-refractivity contribution in [1.82, 2.24) is 15.5 Å². The SMILES string of the molecule is O=C(NC[C@@H]1CCOC1)c1cccc2cn[nH]c12. The first-order valence-corrected chi connectivity index (χ1v) is 6.12. The third-order valence-electron chi connectivity index (χ3n) is 3.30. The van der Waals surface area contributed by atoms with Crippen molar-refractivity contribution in [3.8, 4) is 0 Å². The van der Waals surface area contributed by atoms with Gasteiger partial charge in [0.15, 0.2) is 0 Å². The van der Waals surface area contributed by atoms with Gasteiger partial charge in [0.25, 0.3) is 5.91 Å². The summed E-state index contributed by atoms with van der Waals surface area (Å²) >= 11 is 0. The average Bonchev–Trinajstić information content (AvgIpc) is 3.05. The minimum absolute atomic E-state index is 0.0586. The number of aromatic amines is 1. The maximum Gasteiger partial charge on any atom is 0.253 e. The lowest BCUT2D eigenvalue weighted by Gasteiger charge is -2.09. The summed E-state index contributed by atoms with van der Waals surface area (Å²) in [5.74, 6) is 0.381. The fourth-order valence-corrected chi connectivity index (χ4v) is 2.23. The van der Waals surface area contributed by atoms with Crippen LogP contribution in [-0.2, 0) is 4.74 Å². The molecule has 1 aliphatic heterocycles. The minimum Gasteiger partial charge on any atom is -0.381 e. The largest absolute Gasteiger partial charge is 0.381 e. The molecule has 1 aromatic carbocycles. The zero-order valence-electron chi connectivity index (χ0n) is 9.98. The molecule has 0 unspecified atom stereocenters. The lowest BCUT2D eigenvalue weighted by molar-refractivity contribution is 0.0946. The first-order valence-electron chi connectivity index (χ1n) is 6.12. The molecule has 0 bridgehead atoms. The van der Waals surface area contributed by atoms with E-state index in [4.69, 9.17) is 4.74 Å². The number of hydrogen-bond acceptors (Lipinski definition) is 3. The third-order valence-corrected chi connectivity index (χ3v) is 3.30. The third kappa shape index (κ3) is 2.09. The van der Waals surface area contributed by atoms with E-state index < -0.39 is 0 Å². The van der Waals surface area contributed by atoms with Gasteiger partial charge in [0.1, 0.15) is 0 Å². The quantitative estimate of drug-likeness (QED) is 0.857. The van der Waals surface area contributed by atoms with Crippen LogP contribution in [0.2, 0.25) is 0 Å². The zero-order chi connectivity index (χ0) is 12.4. The van der Waals surface area contributed by atoms with Gasteiger partial charge in [-0.15, -0.1) is 0 Å². The van der Waals surface area contributed by atoms with Crippen molar-refractivity contribution < 1.29 is 9.53 Å². The highest BCUT2D eigenvalue weighted by atomic mass is 16.5. The van der Waals surface area contributed by atoms with Gasteiger partial charge in [-0.2, -0.15) is 5.10 Å². The Bertz CT molecular complexity index is 558. The Morgan fingerprint density at radius 1 is 1.56 bits per heavy atom. The summed E-state index contributed by atoms with van der Waals surface area (Å²) in [5.41, 5.74) is 1.43. The second-order valence-electron chi connectivity index (χ2n) is 4.58. The Kier molecular flexibility index (Phi) is 2.98. The molecule has 1 fully saturated rings. The van der Waals surface area contributed by atoms with Crippen molar-refractivity contribution in [1.29, 1.82) is 0 Å². The van der Waals surface area contributed by atoms with Crippen LogP contribution < -0.4 is 5.32 Å².